The molecule has 3 N–H and O–H groups in total. The van der Waals surface area contributed by atoms with Crippen LogP contribution in [0.1, 0.15) is 31.0 Å². The van der Waals surface area contributed by atoms with Crippen molar-refractivity contribution in [3.05, 3.63) is 47.8 Å². The first-order valence-electron chi connectivity index (χ1n) is 7.70. The smallest absolute Gasteiger partial charge is 0.255 e. The second-order valence-electron chi connectivity index (χ2n) is 5.81. The summed E-state index contributed by atoms with van der Waals surface area (Å²) in [5.41, 5.74) is 7.32. The molecule has 0 aliphatic carbocycles. The molecule has 0 bridgehead atoms. The first-order valence-corrected chi connectivity index (χ1v) is 7.70. The molecule has 2 aromatic rings. The zero-order valence-electron chi connectivity index (χ0n) is 13.8. The monoisotopic (exact) mass is 316 g/mol. The van der Waals surface area contributed by atoms with Crippen LogP contribution in [0, 0.1) is 6.92 Å². The van der Waals surface area contributed by atoms with E-state index in [1.165, 1.54) is 0 Å². The Morgan fingerprint density at radius 3 is 2.87 bits per heavy atom. The van der Waals surface area contributed by atoms with E-state index in [1.54, 1.807) is 0 Å². The molecule has 0 aliphatic heterocycles. The highest BCUT2D eigenvalue weighted by Crippen LogP contribution is 2.15. The van der Waals surface area contributed by atoms with Crippen molar-refractivity contribution in [2.45, 2.75) is 39.4 Å². The molecule has 0 radical (unpaired) electrons. The first-order chi connectivity index (χ1) is 11.0. The molecule has 1 aromatic carbocycles. The lowest BCUT2D eigenvalue weighted by Gasteiger charge is -2.22. The molecule has 2 atom stereocenters. The van der Waals surface area contributed by atoms with E-state index in [4.69, 9.17) is 10.5 Å². The molecule has 0 fully saturated rings. The van der Waals surface area contributed by atoms with Gasteiger partial charge in [0.25, 0.3) is 5.91 Å². The second kappa shape index (κ2) is 7.78. The van der Waals surface area contributed by atoms with Gasteiger partial charge in [0.05, 0.1) is 12.2 Å². The third kappa shape index (κ3) is 5.10. The number of aryl methyl sites for hydroxylation is 1. The number of ether oxygens (including phenoxy) is 1. The molecule has 1 amide bonds. The molecule has 6 heteroatoms. The molecular weight excluding hydrogens is 292 g/mol. The highest BCUT2D eigenvalue weighted by Gasteiger charge is 2.14. The van der Waals surface area contributed by atoms with Gasteiger partial charge in [0.1, 0.15) is 5.75 Å². The average molecular weight is 316 g/mol. The Bertz CT molecular complexity index is 654. The lowest BCUT2D eigenvalue weighted by atomic mass is 10.1. The second-order valence-corrected chi connectivity index (χ2v) is 5.81. The van der Waals surface area contributed by atoms with Crippen LogP contribution in [0.4, 0.5) is 0 Å². The van der Waals surface area contributed by atoms with E-state index in [1.807, 2.05) is 48.3 Å². The summed E-state index contributed by atoms with van der Waals surface area (Å²) in [6, 6.07) is 8.14. The van der Waals surface area contributed by atoms with Gasteiger partial charge in [0, 0.05) is 18.8 Å². The number of carbonyl (C=O) groups excluding carboxylic acids is 1. The quantitative estimate of drug-likeness (QED) is 0.778. The maximum Gasteiger partial charge on any atom is 0.255 e. The molecule has 0 aliphatic rings. The molecule has 23 heavy (non-hydrogen) atoms. The van der Waals surface area contributed by atoms with Crippen LogP contribution in [-0.2, 0) is 11.3 Å². The van der Waals surface area contributed by atoms with Gasteiger partial charge in [-0.25, -0.2) is 0 Å². The molecule has 0 saturated carbocycles. The Morgan fingerprint density at radius 1 is 1.43 bits per heavy atom. The van der Waals surface area contributed by atoms with Gasteiger partial charge in [-0.1, -0.05) is 12.1 Å². The van der Waals surface area contributed by atoms with E-state index in [0.717, 1.165) is 11.1 Å². The predicted molar refractivity (Wildman–Crippen MR) is 89.1 cm³/mol. The Morgan fingerprint density at radius 2 is 2.22 bits per heavy atom. The van der Waals surface area contributed by atoms with Crippen LogP contribution in [0.15, 0.2) is 36.7 Å². The van der Waals surface area contributed by atoms with Crippen molar-refractivity contribution in [2.75, 3.05) is 6.61 Å². The van der Waals surface area contributed by atoms with Gasteiger partial charge < -0.3 is 15.8 Å². The van der Waals surface area contributed by atoms with Crippen molar-refractivity contribution in [1.29, 1.82) is 0 Å². The van der Waals surface area contributed by atoms with Crippen molar-refractivity contribution in [3.63, 3.8) is 0 Å². The molecular formula is C17H24N4O2. The van der Waals surface area contributed by atoms with Crippen molar-refractivity contribution < 1.29 is 9.53 Å². The van der Waals surface area contributed by atoms with Crippen LogP contribution in [0.3, 0.4) is 0 Å². The van der Waals surface area contributed by atoms with Crippen LogP contribution < -0.4 is 15.8 Å². The summed E-state index contributed by atoms with van der Waals surface area (Å²) >= 11 is 0. The summed E-state index contributed by atoms with van der Waals surface area (Å²) in [5, 5.41) is 7.85. The van der Waals surface area contributed by atoms with Gasteiger partial charge in [-0.2, -0.15) is 5.10 Å². The number of amides is 1. The first kappa shape index (κ1) is 17.0. The minimum absolute atomic E-state index is 0.108. The van der Waals surface area contributed by atoms with Crippen molar-refractivity contribution in [3.8, 4) is 5.75 Å². The Kier molecular flexibility index (Phi) is 5.76. The highest BCUT2D eigenvalue weighted by atomic mass is 16.5. The number of benzene rings is 1. The van der Waals surface area contributed by atoms with E-state index < -0.39 is 5.91 Å². The van der Waals surface area contributed by atoms with Gasteiger partial charge in [0.2, 0.25) is 0 Å². The van der Waals surface area contributed by atoms with Crippen molar-refractivity contribution in [1.82, 2.24) is 15.1 Å². The minimum atomic E-state index is -0.481. The summed E-state index contributed by atoms with van der Waals surface area (Å²) in [6.07, 6.45) is 3.91. The average Bonchev–Trinajstić information content (AvgIpc) is 2.96. The summed E-state index contributed by atoms with van der Waals surface area (Å²) in [4.78, 5) is 10.8. The number of hydrogen-bond donors (Lipinski definition) is 2. The topological polar surface area (TPSA) is 82.2 Å². The van der Waals surface area contributed by atoms with Gasteiger partial charge in [0.15, 0.2) is 6.61 Å². The number of nitrogens with one attached hydrogen (secondary N) is 1. The summed E-state index contributed by atoms with van der Waals surface area (Å²) in [6.45, 7) is 6.90. The normalized spacial score (nSPS) is 13.5. The van der Waals surface area contributed by atoms with Crippen LogP contribution in [0.2, 0.25) is 0 Å². The summed E-state index contributed by atoms with van der Waals surface area (Å²) in [5.74, 6) is 0.164. The SMILES string of the molecule is Cc1cnn(C(C)C(C)NCc2cccc(OCC(N)=O)c2)c1. The van der Waals surface area contributed by atoms with Crippen molar-refractivity contribution in [2.24, 2.45) is 5.73 Å². The van der Waals surface area contributed by atoms with E-state index >= 15 is 0 Å². The molecule has 1 aromatic heterocycles. The van der Waals surface area contributed by atoms with Crippen LogP contribution in [-0.4, -0.2) is 28.3 Å². The summed E-state index contributed by atoms with van der Waals surface area (Å²) < 4.78 is 7.29. The lowest BCUT2D eigenvalue weighted by Crippen LogP contribution is -2.33. The standard InChI is InChI=1S/C17H24N4O2/c1-12-8-20-21(10-12)14(3)13(2)19-9-15-5-4-6-16(7-15)23-11-17(18)22/h4-8,10,13-14,19H,9,11H2,1-3H3,(H2,18,22). The molecule has 2 rings (SSSR count). The van der Waals surface area contributed by atoms with Gasteiger partial charge >= 0.3 is 0 Å². The number of primary amides is 1. The van der Waals surface area contributed by atoms with E-state index in [2.05, 4.69) is 24.3 Å². The lowest BCUT2D eigenvalue weighted by molar-refractivity contribution is -0.119. The van der Waals surface area contributed by atoms with Gasteiger partial charge in [-0.3, -0.25) is 9.48 Å². The van der Waals surface area contributed by atoms with Crippen LogP contribution in [0.25, 0.3) is 0 Å². The number of aromatic nitrogens is 2. The fourth-order valence-corrected chi connectivity index (χ4v) is 2.23. The molecule has 0 saturated heterocycles. The number of carbonyl (C=O) groups is 1. The van der Waals surface area contributed by atoms with E-state index in [9.17, 15) is 4.79 Å². The number of nitrogens with two attached hydrogens (primary N) is 1. The number of hydrogen-bond acceptors (Lipinski definition) is 4. The summed E-state index contributed by atoms with van der Waals surface area (Å²) in [7, 11) is 0. The number of rotatable bonds is 8. The van der Waals surface area contributed by atoms with Gasteiger partial charge in [-0.05, 0) is 44.0 Å². The fraction of sp³-hybridized carbons (Fsp3) is 0.412. The van der Waals surface area contributed by atoms with Crippen LogP contribution >= 0.6 is 0 Å². The number of nitrogens with zero attached hydrogens (tertiary/aromatic N) is 2. The zero-order chi connectivity index (χ0) is 16.8. The fourth-order valence-electron chi connectivity index (χ4n) is 2.23. The third-order valence-corrected chi connectivity index (χ3v) is 3.78. The third-order valence-electron chi connectivity index (χ3n) is 3.78. The largest absolute Gasteiger partial charge is 0.484 e. The molecule has 0 spiro atoms. The van der Waals surface area contributed by atoms with E-state index in [-0.39, 0.29) is 18.7 Å². The maximum absolute atomic E-state index is 10.8. The Labute approximate surface area is 136 Å². The Balaban J connectivity index is 1.89. The highest BCUT2D eigenvalue weighted by molar-refractivity contribution is 5.75. The van der Waals surface area contributed by atoms with Gasteiger partial charge in [-0.15, -0.1) is 0 Å². The minimum Gasteiger partial charge on any atom is -0.484 e. The van der Waals surface area contributed by atoms with Crippen LogP contribution in [0.5, 0.6) is 5.75 Å². The molecule has 1 heterocycles. The van der Waals surface area contributed by atoms with Crippen molar-refractivity contribution >= 4 is 5.91 Å². The zero-order valence-corrected chi connectivity index (χ0v) is 13.8. The molecule has 6 nitrogen and oxygen atoms in total. The molecule has 124 valence electrons. The molecule has 2 unspecified atom stereocenters. The van der Waals surface area contributed by atoms with E-state index in [0.29, 0.717) is 12.3 Å². The predicted octanol–water partition coefficient (Wildman–Crippen LogP) is 1.79. The Hall–Kier alpha value is -2.34. The maximum atomic E-state index is 10.8.